The molecule has 1 heterocycles. The molecule has 1 aromatic rings. The van der Waals surface area contributed by atoms with Gasteiger partial charge in [0, 0.05) is 26.0 Å². The van der Waals surface area contributed by atoms with E-state index >= 15 is 0 Å². The second kappa shape index (κ2) is 6.87. The zero-order valence-corrected chi connectivity index (χ0v) is 10.7. The van der Waals surface area contributed by atoms with Crippen LogP contribution in [-0.4, -0.2) is 25.2 Å². The van der Waals surface area contributed by atoms with Crippen LogP contribution in [0.4, 0.5) is 5.69 Å². The van der Waals surface area contributed by atoms with Crippen LogP contribution in [0.5, 0.6) is 0 Å². The fourth-order valence-electron chi connectivity index (χ4n) is 1.70. The minimum atomic E-state index is 0.641. The summed E-state index contributed by atoms with van der Waals surface area (Å²) in [6.07, 6.45) is 2.05. The molecule has 0 unspecified atom stereocenters. The Morgan fingerprint density at radius 2 is 2.18 bits per heavy atom. The number of rotatable bonds is 6. The van der Waals surface area contributed by atoms with E-state index in [4.69, 9.17) is 10.00 Å². The molecule has 4 nitrogen and oxygen atoms in total. The molecule has 0 spiro atoms. The zero-order chi connectivity index (χ0) is 12.7. The van der Waals surface area contributed by atoms with Gasteiger partial charge in [-0.25, -0.2) is 0 Å². The summed E-state index contributed by atoms with van der Waals surface area (Å²) >= 11 is 0. The number of aryl methyl sites for hydroxylation is 2. The third-order valence-electron chi connectivity index (χ3n) is 2.53. The first kappa shape index (κ1) is 13.5. The first-order chi connectivity index (χ1) is 8.19. The highest BCUT2D eigenvalue weighted by molar-refractivity contribution is 5.59. The third kappa shape index (κ3) is 4.04. The van der Waals surface area contributed by atoms with Gasteiger partial charge in [-0.2, -0.15) is 5.26 Å². The predicted molar refractivity (Wildman–Crippen MR) is 68.0 cm³/mol. The van der Waals surface area contributed by atoms with Crippen LogP contribution in [0.2, 0.25) is 0 Å². The maximum atomic E-state index is 9.08. The number of methoxy groups -OCH3 is 1. The number of nitrogens with one attached hydrogen (secondary N) is 1. The molecule has 0 aliphatic rings. The van der Waals surface area contributed by atoms with Crippen molar-refractivity contribution in [1.29, 1.82) is 5.26 Å². The summed E-state index contributed by atoms with van der Waals surface area (Å²) in [6, 6.07) is 4.11. The average molecular weight is 233 g/mol. The lowest BCUT2D eigenvalue weighted by Crippen LogP contribution is -2.06. The molecule has 1 aromatic heterocycles. The highest BCUT2D eigenvalue weighted by Crippen LogP contribution is 2.18. The lowest BCUT2D eigenvalue weighted by Gasteiger charge is -2.10. The number of anilines is 1. The minimum absolute atomic E-state index is 0.641. The Kier molecular flexibility index (Phi) is 5.44. The molecule has 0 amide bonds. The van der Waals surface area contributed by atoms with Crippen molar-refractivity contribution in [3.05, 3.63) is 23.0 Å². The van der Waals surface area contributed by atoms with Crippen LogP contribution in [0.3, 0.4) is 0 Å². The van der Waals surface area contributed by atoms with Gasteiger partial charge >= 0.3 is 0 Å². The number of unbranched alkanes of at least 4 members (excludes halogenated alkanes) is 1. The van der Waals surface area contributed by atoms with Gasteiger partial charge in [0.2, 0.25) is 0 Å². The van der Waals surface area contributed by atoms with Gasteiger partial charge < -0.3 is 10.1 Å². The van der Waals surface area contributed by atoms with Gasteiger partial charge in [0.15, 0.2) is 0 Å². The molecule has 0 aliphatic carbocycles. The van der Waals surface area contributed by atoms with E-state index in [0.29, 0.717) is 5.56 Å². The Hall–Kier alpha value is -1.60. The molecule has 4 heteroatoms. The first-order valence-corrected chi connectivity index (χ1v) is 5.80. The standard InChI is InChI=1S/C13H19N3O/c1-10-8-13(12(9-14)11(2)16-10)15-6-4-5-7-17-3/h8H,4-7H2,1-3H3,(H,15,16). The van der Waals surface area contributed by atoms with Crippen molar-refractivity contribution in [2.24, 2.45) is 0 Å². The summed E-state index contributed by atoms with van der Waals surface area (Å²) in [5, 5.41) is 12.4. The van der Waals surface area contributed by atoms with Gasteiger partial charge in [-0.05, 0) is 32.8 Å². The molecule has 0 radical (unpaired) electrons. The summed E-state index contributed by atoms with van der Waals surface area (Å²) in [5.41, 5.74) is 3.24. The van der Waals surface area contributed by atoms with Gasteiger partial charge in [0.1, 0.15) is 6.07 Å². The minimum Gasteiger partial charge on any atom is -0.385 e. The number of pyridine rings is 1. The molecule has 0 saturated heterocycles. The maximum absolute atomic E-state index is 9.08. The Morgan fingerprint density at radius 3 is 2.82 bits per heavy atom. The van der Waals surface area contributed by atoms with Crippen molar-refractivity contribution in [3.8, 4) is 6.07 Å². The fraction of sp³-hybridized carbons (Fsp3) is 0.538. The Bertz CT molecular complexity index is 410. The summed E-state index contributed by atoms with van der Waals surface area (Å²) in [4.78, 5) is 4.28. The molecule has 0 aliphatic heterocycles. The Balaban J connectivity index is 2.61. The fourth-order valence-corrected chi connectivity index (χ4v) is 1.70. The van der Waals surface area contributed by atoms with E-state index in [2.05, 4.69) is 16.4 Å². The molecule has 92 valence electrons. The molecule has 17 heavy (non-hydrogen) atoms. The number of ether oxygens (including phenoxy) is 1. The van der Waals surface area contributed by atoms with Crippen LogP contribution in [0.1, 0.15) is 29.8 Å². The second-order valence-electron chi connectivity index (χ2n) is 4.01. The van der Waals surface area contributed by atoms with Gasteiger partial charge in [-0.1, -0.05) is 0 Å². The second-order valence-corrected chi connectivity index (χ2v) is 4.01. The zero-order valence-electron chi connectivity index (χ0n) is 10.7. The normalized spacial score (nSPS) is 10.0. The van der Waals surface area contributed by atoms with Crippen LogP contribution in [0.15, 0.2) is 6.07 Å². The molecule has 0 atom stereocenters. The lowest BCUT2D eigenvalue weighted by atomic mass is 10.1. The molecule has 0 fully saturated rings. The molecule has 0 aromatic carbocycles. The van der Waals surface area contributed by atoms with E-state index in [1.165, 1.54) is 0 Å². The van der Waals surface area contributed by atoms with Crippen molar-refractivity contribution in [2.45, 2.75) is 26.7 Å². The Labute approximate surface area is 103 Å². The number of hydrogen-bond donors (Lipinski definition) is 1. The summed E-state index contributed by atoms with van der Waals surface area (Å²) < 4.78 is 4.99. The highest BCUT2D eigenvalue weighted by Gasteiger charge is 2.06. The van der Waals surface area contributed by atoms with Crippen LogP contribution >= 0.6 is 0 Å². The monoisotopic (exact) mass is 233 g/mol. The van der Waals surface area contributed by atoms with Crippen molar-refractivity contribution < 1.29 is 4.74 Å². The van der Waals surface area contributed by atoms with Gasteiger partial charge in [0.25, 0.3) is 0 Å². The summed E-state index contributed by atoms with van der Waals surface area (Å²) in [6.45, 7) is 5.42. The van der Waals surface area contributed by atoms with E-state index in [-0.39, 0.29) is 0 Å². The molecule has 1 rings (SSSR count). The third-order valence-corrected chi connectivity index (χ3v) is 2.53. The SMILES string of the molecule is COCCCCNc1cc(C)nc(C)c1C#N. The molecule has 0 bridgehead atoms. The van der Waals surface area contributed by atoms with E-state index in [1.807, 2.05) is 19.9 Å². The number of nitrogens with zero attached hydrogens (tertiary/aromatic N) is 2. The van der Waals surface area contributed by atoms with Crippen LogP contribution in [0, 0.1) is 25.2 Å². The smallest absolute Gasteiger partial charge is 0.103 e. The first-order valence-electron chi connectivity index (χ1n) is 5.80. The van der Waals surface area contributed by atoms with Crippen molar-refractivity contribution >= 4 is 5.69 Å². The van der Waals surface area contributed by atoms with Crippen molar-refractivity contribution in [3.63, 3.8) is 0 Å². The van der Waals surface area contributed by atoms with E-state index in [1.54, 1.807) is 7.11 Å². The van der Waals surface area contributed by atoms with Gasteiger partial charge in [-0.15, -0.1) is 0 Å². The topological polar surface area (TPSA) is 57.9 Å². The summed E-state index contributed by atoms with van der Waals surface area (Å²) in [5.74, 6) is 0. The largest absolute Gasteiger partial charge is 0.385 e. The van der Waals surface area contributed by atoms with Crippen molar-refractivity contribution in [1.82, 2.24) is 4.98 Å². The van der Waals surface area contributed by atoms with Gasteiger partial charge in [0.05, 0.1) is 16.9 Å². The predicted octanol–water partition coefficient (Wildman–Crippen LogP) is 2.41. The lowest BCUT2D eigenvalue weighted by molar-refractivity contribution is 0.194. The molecule has 0 saturated carbocycles. The highest BCUT2D eigenvalue weighted by atomic mass is 16.5. The van der Waals surface area contributed by atoms with Crippen LogP contribution < -0.4 is 5.32 Å². The molecular formula is C13H19N3O. The van der Waals surface area contributed by atoms with E-state index in [0.717, 1.165) is 43.1 Å². The van der Waals surface area contributed by atoms with Crippen LogP contribution in [-0.2, 0) is 4.74 Å². The van der Waals surface area contributed by atoms with E-state index in [9.17, 15) is 0 Å². The van der Waals surface area contributed by atoms with Gasteiger partial charge in [-0.3, -0.25) is 4.98 Å². The Morgan fingerprint density at radius 1 is 1.41 bits per heavy atom. The number of hydrogen-bond acceptors (Lipinski definition) is 4. The maximum Gasteiger partial charge on any atom is 0.103 e. The van der Waals surface area contributed by atoms with E-state index < -0.39 is 0 Å². The molecular weight excluding hydrogens is 214 g/mol. The number of aromatic nitrogens is 1. The van der Waals surface area contributed by atoms with Crippen LogP contribution in [0.25, 0.3) is 0 Å². The average Bonchev–Trinajstić information content (AvgIpc) is 2.28. The summed E-state index contributed by atoms with van der Waals surface area (Å²) in [7, 11) is 1.71. The number of nitriles is 1. The quantitative estimate of drug-likeness (QED) is 0.766. The molecule has 1 N–H and O–H groups in total. The van der Waals surface area contributed by atoms with Crippen molar-refractivity contribution in [2.75, 3.05) is 25.6 Å².